The molecule has 0 radical (unpaired) electrons. The standard InChI is InChI=1S/C22H27N5O2S/c1-3-26-18-9-8-17(21(28)29-4-2)15-19(18)27(22(26)30)16-24-11-13-25(14-12-24)20-7-5-6-10-23-20/h5-10,15H,3-4,11-14,16H2,1-2H3/p+2. The Balaban J connectivity index is 1.57. The van der Waals surface area contributed by atoms with Gasteiger partial charge in [0.2, 0.25) is 0 Å². The number of carbonyl (C=O) groups excluding carboxylic acids is 1. The summed E-state index contributed by atoms with van der Waals surface area (Å²) in [7, 11) is 0. The Morgan fingerprint density at radius 2 is 1.93 bits per heavy atom. The molecule has 0 bridgehead atoms. The molecular formula is C22H29N5O2S+2. The Labute approximate surface area is 181 Å². The van der Waals surface area contributed by atoms with Crippen LogP contribution in [-0.4, -0.2) is 47.9 Å². The first-order valence-electron chi connectivity index (χ1n) is 10.6. The van der Waals surface area contributed by atoms with E-state index in [1.807, 2.05) is 37.4 Å². The fourth-order valence-corrected chi connectivity index (χ4v) is 4.54. The van der Waals surface area contributed by atoms with Crippen molar-refractivity contribution in [3.05, 3.63) is 52.9 Å². The highest BCUT2D eigenvalue weighted by atomic mass is 32.1. The van der Waals surface area contributed by atoms with Gasteiger partial charge < -0.3 is 14.2 Å². The number of aromatic amines is 1. The average molecular weight is 428 g/mol. The van der Waals surface area contributed by atoms with Gasteiger partial charge in [0.1, 0.15) is 26.2 Å². The van der Waals surface area contributed by atoms with Gasteiger partial charge in [-0.2, -0.15) is 0 Å². The van der Waals surface area contributed by atoms with Gasteiger partial charge in [-0.15, -0.1) is 0 Å². The van der Waals surface area contributed by atoms with Crippen LogP contribution in [0.4, 0.5) is 5.82 Å². The van der Waals surface area contributed by atoms with Crippen molar-refractivity contribution in [3.63, 3.8) is 0 Å². The van der Waals surface area contributed by atoms with Crippen LogP contribution in [0.2, 0.25) is 0 Å². The SMILES string of the molecule is CCOC(=O)c1ccc2c(c1)n(C[NH+]1CCN(c3cccc[nH+]3)CC1)c(=S)n2CC. The van der Waals surface area contributed by atoms with Gasteiger partial charge in [0.05, 0.1) is 29.4 Å². The van der Waals surface area contributed by atoms with Crippen LogP contribution < -0.4 is 14.8 Å². The number of piperazine rings is 1. The number of anilines is 1. The van der Waals surface area contributed by atoms with E-state index in [9.17, 15) is 4.79 Å². The number of H-pyrrole nitrogens is 1. The molecule has 1 aromatic carbocycles. The van der Waals surface area contributed by atoms with Crippen LogP contribution in [0.15, 0.2) is 42.6 Å². The van der Waals surface area contributed by atoms with Gasteiger partial charge >= 0.3 is 5.97 Å². The predicted molar refractivity (Wildman–Crippen MR) is 118 cm³/mol. The van der Waals surface area contributed by atoms with E-state index in [0.717, 1.165) is 61.0 Å². The van der Waals surface area contributed by atoms with E-state index in [0.29, 0.717) is 12.2 Å². The van der Waals surface area contributed by atoms with Crippen LogP contribution in [-0.2, 0) is 18.0 Å². The number of nitrogens with one attached hydrogen (secondary N) is 2. The topological polar surface area (TPSA) is 58.0 Å². The van der Waals surface area contributed by atoms with E-state index in [1.54, 1.807) is 0 Å². The number of quaternary nitrogens is 1. The Hall–Kier alpha value is -2.71. The number of benzene rings is 1. The fraction of sp³-hybridized carbons (Fsp3) is 0.409. The molecular weight excluding hydrogens is 398 g/mol. The maximum atomic E-state index is 12.2. The number of nitrogens with zero attached hydrogens (tertiary/aromatic N) is 3. The Morgan fingerprint density at radius 1 is 1.13 bits per heavy atom. The summed E-state index contributed by atoms with van der Waals surface area (Å²) in [6.45, 7) is 9.92. The third kappa shape index (κ3) is 3.97. The Morgan fingerprint density at radius 3 is 2.60 bits per heavy atom. The maximum Gasteiger partial charge on any atom is 0.338 e. The number of hydrogen-bond donors (Lipinski definition) is 1. The second-order valence-electron chi connectivity index (χ2n) is 7.52. The lowest BCUT2D eigenvalue weighted by molar-refractivity contribution is -0.923. The third-order valence-corrected chi connectivity index (χ3v) is 6.17. The number of pyridine rings is 1. The zero-order chi connectivity index (χ0) is 21.1. The van der Waals surface area contributed by atoms with E-state index in [2.05, 4.69) is 38.1 Å². The molecule has 2 N–H and O–H groups in total. The molecule has 4 rings (SSSR count). The number of carbonyl (C=O) groups is 1. The van der Waals surface area contributed by atoms with Crippen LogP contribution in [0, 0.1) is 4.77 Å². The van der Waals surface area contributed by atoms with Crippen LogP contribution >= 0.6 is 12.2 Å². The zero-order valence-corrected chi connectivity index (χ0v) is 18.4. The van der Waals surface area contributed by atoms with Crippen molar-refractivity contribution in [1.29, 1.82) is 0 Å². The van der Waals surface area contributed by atoms with Gasteiger partial charge in [-0.05, 0) is 50.3 Å². The summed E-state index contributed by atoms with van der Waals surface area (Å²) >= 11 is 5.80. The normalized spacial score (nSPS) is 14.9. The van der Waals surface area contributed by atoms with Gasteiger partial charge in [-0.25, -0.2) is 9.78 Å². The summed E-state index contributed by atoms with van der Waals surface area (Å²) in [5.41, 5.74) is 2.63. The first-order chi connectivity index (χ1) is 14.6. The van der Waals surface area contributed by atoms with Gasteiger partial charge in [0, 0.05) is 12.6 Å². The molecule has 30 heavy (non-hydrogen) atoms. The minimum Gasteiger partial charge on any atom is -0.462 e. The number of esters is 1. The van der Waals surface area contributed by atoms with Crippen molar-refractivity contribution in [2.45, 2.75) is 27.1 Å². The molecule has 0 aliphatic carbocycles. The van der Waals surface area contributed by atoms with E-state index in [1.165, 1.54) is 4.90 Å². The number of aryl methyl sites for hydroxylation is 1. The molecule has 0 unspecified atom stereocenters. The quantitative estimate of drug-likeness (QED) is 0.479. The smallest absolute Gasteiger partial charge is 0.338 e. The molecule has 1 saturated heterocycles. The van der Waals surface area contributed by atoms with Crippen LogP contribution in [0.5, 0.6) is 0 Å². The van der Waals surface area contributed by atoms with Gasteiger partial charge in [0.25, 0.3) is 5.82 Å². The highest BCUT2D eigenvalue weighted by Gasteiger charge is 2.27. The van der Waals surface area contributed by atoms with E-state index in [-0.39, 0.29) is 5.97 Å². The molecule has 158 valence electrons. The third-order valence-electron chi connectivity index (χ3n) is 5.73. The number of imidazole rings is 1. The lowest BCUT2D eigenvalue weighted by Crippen LogP contribution is -3.14. The summed E-state index contributed by atoms with van der Waals surface area (Å²) in [6, 6.07) is 11.9. The van der Waals surface area contributed by atoms with Crippen molar-refractivity contribution in [2.75, 3.05) is 37.7 Å². The highest BCUT2D eigenvalue weighted by Crippen LogP contribution is 2.20. The summed E-state index contributed by atoms with van der Waals surface area (Å²) in [5.74, 6) is 0.871. The van der Waals surface area contributed by atoms with Gasteiger partial charge in [-0.1, -0.05) is 6.07 Å². The molecule has 0 atom stereocenters. The zero-order valence-electron chi connectivity index (χ0n) is 17.6. The molecule has 7 nitrogen and oxygen atoms in total. The van der Waals surface area contributed by atoms with Crippen molar-refractivity contribution < 1.29 is 19.4 Å². The molecule has 0 saturated carbocycles. The lowest BCUT2D eigenvalue weighted by atomic mass is 10.2. The van der Waals surface area contributed by atoms with Crippen molar-refractivity contribution in [2.24, 2.45) is 0 Å². The van der Waals surface area contributed by atoms with Crippen LogP contribution in [0.1, 0.15) is 24.2 Å². The number of rotatable bonds is 6. The molecule has 3 aromatic rings. The first-order valence-corrected chi connectivity index (χ1v) is 11.0. The van der Waals surface area contributed by atoms with E-state index in [4.69, 9.17) is 17.0 Å². The van der Waals surface area contributed by atoms with Crippen molar-refractivity contribution in [3.8, 4) is 0 Å². The summed E-state index contributed by atoms with van der Waals surface area (Å²) in [6.07, 6.45) is 1.97. The fourth-order valence-electron chi connectivity index (χ4n) is 4.15. The predicted octanol–water partition coefficient (Wildman–Crippen LogP) is 1.55. The van der Waals surface area contributed by atoms with Crippen LogP contribution in [0.3, 0.4) is 0 Å². The highest BCUT2D eigenvalue weighted by molar-refractivity contribution is 7.71. The lowest BCUT2D eigenvalue weighted by Gasteiger charge is -2.28. The van der Waals surface area contributed by atoms with Crippen molar-refractivity contribution in [1.82, 2.24) is 9.13 Å². The number of aromatic nitrogens is 3. The first kappa shape index (κ1) is 20.6. The van der Waals surface area contributed by atoms with Crippen molar-refractivity contribution >= 4 is 35.0 Å². The molecule has 0 amide bonds. The van der Waals surface area contributed by atoms with Gasteiger partial charge in [0.15, 0.2) is 11.4 Å². The molecule has 1 fully saturated rings. The summed E-state index contributed by atoms with van der Waals surface area (Å²) in [4.78, 5) is 19.4. The minimum atomic E-state index is -0.291. The monoisotopic (exact) mass is 427 g/mol. The van der Waals surface area contributed by atoms with E-state index < -0.39 is 0 Å². The van der Waals surface area contributed by atoms with Crippen LogP contribution in [0.25, 0.3) is 11.0 Å². The molecule has 0 spiro atoms. The second kappa shape index (κ2) is 8.97. The number of fused-ring (bicyclic) bond motifs is 1. The minimum absolute atomic E-state index is 0.291. The average Bonchev–Trinajstić information content (AvgIpc) is 3.05. The summed E-state index contributed by atoms with van der Waals surface area (Å²) < 4.78 is 10.3. The molecule has 8 heteroatoms. The number of hydrogen-bond acceptors (Lipinski definition) is 4. The molecule has 3 heterocycles. The number of ether oxygens (including phenoxy) is 1. The second-order valence-corrected chi connectivity index (χ2v) is 7.89. The van der Waals surface area contributed by atoms with Gasteiger partial charge in [-0.3, -0.25) is 9.47 Å². The maximum absolute atomic E-state index is 12.2. The largest absolute Gasteiger partial charge is 0.462 e. The van der Waals surface area contributed by atoms with E-state index >= 15 is 0 Å². The molecule has 1 aliphatic rings. The molecule has 1 aliphatic heterocycles. The molecule has 2 aromatic heterocycles. The summed E-state index contributed by atoms with van der Waals surface area (Å²) in [5, 5.41) is 0. The Bertz CT molecular complexity index is 1080. The Kier molecular flexibility index (Phi) is 6.15.